The van der Waals surface area contributed by atoms with Crippen LogP contribution in [0.1, 0.15) is 41.2 Å². The fourth-order valence-corrected chi connectivity index (χ4v) is 3.86. The Kier molecular flexibility index (Phi) is 5.48. The fraction of sp³-hybridized carbons (Fsp3) is 0.227. The van der Waals surface area contributed by atoms with Gasteiger partial charge in [-0.3, -0.25) is 24.2 Å². The topological polar surface area (TPSA) is 138 Å². The van der Waals surface area contributed by atoms with E-state index in [0.29, 0.717) is 12.1 Å². The number of H-pyrrole nitrogens is 1. The van der Waals surface area contributed by atoms with Crippen molar-refractivity contribution in [3.8, 4) is 0 Å². The number of hydrogen-bond donors (Lipinski definition) is 3. The second-order valence-corrected chi connectivity index (χ2v) is 7.46. The van der Waals surface area contributed by atoms with E-state index in [1.165, 1.54) is 24.5 Å². The zero-order valence-corrected chi connectivity index (χ0v) is 16.6. The summed E-state index contributed by atoms with van der Waals surface area (Å²) < 4.78 is 0. The highest BCUT2D eigenvalue weighted by atomic mass is 16.2. The summed E-state index contributed by atoms with van der Waals surface area (Å²) in [5.74, 6) is -2.14. The summed E-state index contributed by atoms with van der Waals surface area (Å²) in [5, 5.41) is 3.36. The monoisotopic (exact) mass is 419 g/mol. The van der Waals surface area contributed by atoms with Crippen LogP contribution in [0.25, 0.3) is 10.9 Å². The molecule has 0 spiro atoms. The first-order valence-electron chi connectivity index (χ1n) is 9.92. The van der Waals surface area contributed by atoms with Gasteiger partial charge in [-0.2, -0.15) is 0 Å². The molecule has 4 rings (SSSR count). The molecule has 0 radical (unpaired) electrons. The Morgan fingerprint density at radius 3 is 2.74 bits per heavy atom. The Morgan fingerprint density at radius 2 is 1.94 bits per heavy atom. The third-order valence-electron chi connectivity index (χ3n) is 5.37. The second kappa shape index (κ2) is 8.39. The number of likely N-dealkylation sites (tertiary alicyclic amines) is 1. The van der Waals surface area contributed by atoms with Crippen LogP contribution < -0.4 is 16.6 Å². The maximum Gasteiger partial charge on any atom is 0.313 e. The van der Waals surface area contributed by atoms with Crippen LogP contribution in [-0.2, 0) is 9.59 Å². The van der Waals surface area contributed by atoms with Crippen molar-refractivity contribution in [3.63, 3.8) is 0 Å². The molecule has 1 fully saturated rings. The van der Waals surface area contributed by atoms with Gasteiger partial charge in [-0.05, 0) is 54.5 Å². The van der Waals surface area contributed by atoms with Gasteiger partial charge >= 0.3 is 11.8 Å². The largest absolute Gasteiger partial charge is 0.366 e. The molecular formula is C22H21N5O4. The van der Waals surface area contributed by atoms with Gasteiger partial charge in [0.05, 0.1) is 23.5 Å². The first-order chi connectivity index (χ1) is 14.9. The molecule has 0 bridgehead atoms. The SMILES string of the molecule is NC(=O)c1cncc(NC(=O)C(=O)N2CCCC[C@H]2c2ccc3[nH]c(=O)ccc3c2)c1. The van der Waals surface area contributed by atoms with E-state index in [2.05, 4.69) is 15.3 Å². The average molecular weight is 419 g/mol. The fourth-order valence-electron chi connectivity index (χ4n) is 3.86. The number of hydrogen-bond acceptors (Lipinski definition) is 5. The lowest BCUT2D eigenvalue weighted by Crippen LogP contribution is -2.44. The molecule has 2 aromatic heterocycles. The van der Waals surface area contributed by atoms with Crippen molar-refractivity contribution in [1.82, 2.24) is 14.9 Å². The van der Waals surface area contributed by atoms with Crippen LogP contribution in [-0.4, -0.2) is 39.1 Å². The Hall–Kier alpha value is -4.01. The van der Waals surface area contributed by atoms with Crippen LogP contribution in [0.3, 0.4) is 0 Å². The first-order valence-corrected chi connectivity index (χ1v) is 9.92. The number of nitrogens with zero attached hydrogens (tertiary/aromatic N) is 2. The molecule has 1 aliphatic heterocycles. The Morgan fingerprint density at radius 1 is 1.10 bits per heavy atom. The number of piperidine rings is 1. The number of amides is 3. The highest BCUT2D eigenvalue weighted by molar-refractivity contribution is 6.39. The van der Waals surface area contributed by atoms with E-state index < -0.39 is 17.7 Å². The van der Waals surface area contributed by atoms with E-state index in [1.54, 1.807) is 11.0 Å². The number of carbonyl (C=O) groups excluding carboxylic acids is 3. The van der Waals surface area contributed by atoms with Crippen molar-refractivity contribution >= 4 is 34.3 Å². The normalized spacial score (nSPS) is 16.1. The predicted octanol–water partition coefficient (Wildman–Crippen LogP) is 1.71. The summed E-state index contributed by atoms with van der Waals surface area (Å²) >= 11 is 0. The van der Waals surface area contributed by atoms with Crippen LogP contribution in [0.15, 0.2) is 53.6 Å². The van der Waals surface area contributed by atoms with Crippen molar-refractivity contribution in [3.05, 3.63) is 70.3 Å². The zero-order chi connectivity index (χ0) is 22.0. The number of rotatable bonds is 3. The standard InChI is InChI=1S/C22H21N5O4/c23-20(29)15-10-16(12-24-11-15)25-21(30)22(31)27-8-2-1-3-18(27)14-4-6-17-13(9-14)5-7-19(28)26-17/h4-7,9-12,18H,1-3,8H2,(H2,23,29)(H,25,30)(H,26,28)/t18-/m0/s1. The molecule has 4 N–H and O–H groups in total. The van der Waals surface area contributed by atoms with Gasteiger partial charge in [0.15, 0.2) is 0 Å². The van der Waals surface area contributed by atoms with Crippen molar-refractivity contribution in [2.24, 2.45) is 5.73 Å². The van der Waals surface area contributed by atoms with E-state index in [-0.39, 0.29) is 22.9 Å². The van der Waals surface area contributed by atoms with Crippen molar-refractivity contribution in [2.75, 3.05) is 11.9 Å². The maximum atomic E-state index is 13.0. The van der Waals surface area contributed by atoms with Crippen LogP contribution in [0, 0.1) is 0 Å². The number of primary amides is 1. The van der Waals surface area contributed by atoms with Crippen molar-refractivity contribution in [1.29, 1.82) is 0 Å². The lowest BCUT2D eigenvalue weighted by molar-refractivity contribution is -0.145. The molecule has 9 heteroatoms. The summed E-state index contributed by atoms with van der Waals surface area (Å²) in [5.41, 5.74) is 7.02. The summed E-state index contributed by atoms with van der Waals surface area (Å²) in [7, 11) is 0. The highest BCUT2D eigenvalue weighted by Crippen LogP contribution is 2.32. The average Bonchev–Trinajstić information content (AvgIpc) is 2.78. The van der Waals surface area contributed by atoms with E-state index in [4.69, 9.17) is 5.73 Å². The van der Waals surface area contributed by atoms with Crippen LogP contribution in [0.4, 0.5) is 5.69 Å². The lowest BCUT2D eigenvalue weighted by atomic mass is 9.94. The molecule has 3 amide bonds. The van der Waals surface area contributed by atoms with Gasteiger partial charge in [0.1, 0.15) is 0 Å². The summed E-state index contributed by atoms with van der Waals surface area (Å²) in [6, 6.07) is 9.92. The van der Waals surface area contributed by atoms with Gasteiger partial charge < -0.3 is 20.9 Å². The molecule has 3 aromatic rings. The predicted molar refractivity (Wildman–Crippen MR) is 114 cm³/mol. The third-order valence-corrected chi connectivity index (χ3v) is 5.37. The Labute approximate surface area is 177 Å². The lowest BCUT2D eigenvalue weighted by Gasteiger charge is -2.35. The first kappa shape index (κ1) is 20.3. The molecule has 1 atom stereocenters. The smallest absolute Gasteiger partial charge is 0.313 e. The molecule has 3 heterocycles. The minimum absolute atomic E-state index is 0.135. The molecule has 1 saturated heterocycles. The summed E-state index contributed by atoms with van der Waals surface area (Å²) in [6.45, 7) is 0.458. The molecule has 1 aromatic carbocycles. The molecule has 0 unspecified atom stereocenters. The van der Waals surface area contributed by atoms with E-state index in [9.17, 15) is 19.2 Å². The van der Waals surface area contributed by atoms with Crippen molar-refractivity contribution in [2.45, 2.75) is 25.3 Å². The highest BCUT2D eigenvalue weighted by Gasteiger charge is 2.32. The number of carbonyl (C=O) groups is 3. The number of fused-ring (bicyclic) bond motifs is 1. The molecule has 0 saturated carbocycles. The van der Waals surface area contributed by atoms with Gasteiger partial charge in [-0.1, -0.05) is 6.07 Å². The van der Waals surface area contributed by atoms with Crippen molar-refractivity contribution < 1.29 is 14.4 Å². The molecule has 158 valence electrons. The number of aromatic nitrogens is 2. The van der Waals surface area contributed by atoms with Gasteiger partial charge in [0.2, 0.25) is 11.5 Å². The number of nitrogens with one attached hydrogen (secondary N) is 2. The van der Waals surface area contributed by atoms with E-state index >= 15 is 0 Å². The Balaban J connectivity index is 1.56. The van der Waals surface area contributed by atoms with Crippen LogP contribution in [0.2, 0.25) is 0 Å². The van der Waals surface area contributed by atoms with E-state index in [0.717, 1.165) is 30.2 Å². The van der Waals surface area contributed by atoms with Gasteiger partial charge in [-0.15, -0.1) is 0 Å². The number of pyridine rings is 2. The second-order valence-electron chi connectivity index (χ2n) is 7.46. The molecule has 0 aliphatic carbocycles. The zero-order valence-electron chi connectivity index (χ0n) is 16.6. The maximum absolute atomic E-state index is 13.0. The molecule has 1 aliphatic rings. The van der Waals surface area contributed by atoms with E-state index in [1.807, 2.05) is 18.2 Å². The molecule has 31 heavy (non-hydrogen) atoms. The van der Waals surface area contributed by atoms with Gasteiger partial charge in [0, 0.05) is 24.3 Å². The third kappa shape index (κ3) is 4.30. The summed E-state index contributed by atoms with van der Waals surface area (Å²) in [4.78, 5) is 56.6. The van der Waals surface area contributed by atoms with Crippen LogP contribution >= 0.6 is 0 Å². The van der Waals surface area contributed by atoms with Gasteiger partial charge in [0.25, 0.3) is 0 Å². The molecule has 9 nitrogen and oxygen atoms in total. The Bertz CT molecular complexity index is 1240. The number of benzene rings is 1. The van der Waals surface area contributed by atoms with Gasteiger partial charge in [-0.25, -0.2) is 0 Å². The minimum Gasteiger partial charge on any atom is -0.366 e. The number of aromatic amines is 1. The minimum atomic E-state index is -0.805. The van der Waals surface area contributed by atoms with Crippen LogP contribution in [0.5, 0.6) is 0 Å². The molecular weight excluding hydrogens is 398 g/mol. The number of anilines is 1. The number of nitrogens with two attached hydrogens (primary N) is 1. The quantitative estimate of drug-likeness (QED) is 0.555. The summed E-state index contributed by atoms with van der Waals surface area (Å²) in [6.07, 6.45) is 5.09.